The fourth-order valence-electron chi connectivity index (χ4n) is 1.57. The van der Waals surface area contributed by atoms with Crippen LogP contribution in [0.4, 0.5) is 20.4 Å². The van der Waals surface area contributed by atoms with E-state index >= 15 is 0 Å². The van der Waals surface area contributed by atoms with Gasteiger partial charge in [-0.2, -0.15) is 0 Å². The first-order chi connectivity index (χ1) is 10.1. The number of amides is 1. The van der Waals surface area contributed by atoms with Crippen LogP contribution in [0.2, 0.25) is 0 Å². The van der Waals surface area contributed by atoms with Crippen LogP contribution < -0.4 is 10.6 Å². The van der Waals surface area contributed by atoms with Gasteiger partial charge in [0.25, 0.3) is 5.91 Å². The first-order valence-corrected chi connectivity index (χ1v) is 6.44. The van der Waals surface area contributed by atoms with Crippen molar-refractivity contribution in [3.63, 3.8) is 0 Å². The molecule has 2 aromatic rings. The van der Waals surface area contributed by atoms with E-state index < -0.39 is 17.5 Å². The van der Waals surface area contributed by atoms with Gasteiger partial charge in [-0.15, -0.1) is 10.2 Å². The fraction of sp³-hybridized carbons (Fsp3) is 0.214. The summed E-state index contributed by atoms with van der Waals surface area (Å²) in [4.78, 5) is 11.9. The second-order valence-electron chi connectivity index (χ2n) is 4.31. The molecular weight excluding hydrogens is 278 g/mol. The van der Waals surface area contributed by atoms with Crippen molar-refractivity contribution < 1.29 is 13.6 Å². The van der Waals surface area contributed by atoms with Crippen molar-refractivity contribution in [1.29, 1.82) is 0 Å². The predicted molar refractivity (Wildman–Crippen MR) is 75.1 cm³/mol. The van der Waals surface area contributed by atoms with E-state index in [0.717, 1.165) is 25.1 Å². The van der Waals surface area contributed by atoms with Gasteiger partial charge in [-0.25, -0.2) is 8.78 Å². The number of carbonyl (C=O) groups is 1. The van der Waals surface area contributed by atoms with E-state index in [4.69, 9.17) is 0 Å². The van der Waals surface area contributed by atoms with Crippen molar-refractivity contribution in [3.8, 4) is 0 Å². The lowest BCUT2D eigenvalue weighted by atomic mass is 10.2. The summed E-state index contributed by atoms with van der Waals surface area (Å²) in [5.41, 5.74) is 0.00360. The Balaban J connectivity index is 2.03. The summed E-state index contributed by atoms with van der Waals surface area (Å²) in [5.74, 6) is -1.84. The van der Waals surface area contributed by atoms with Crippen LogP contribution in [0.25, 0.3) is 0 Å². The molecule has 7 heteroatoms. The quantitative estimate of drug-likeness (QED) is 0.889. The van der Waals surface area contributed by atoms with Gasteiger partial charge in [0.1, 0.15) is 5.82 Å². The van der Waals surface area contributed by atoms with E-state index in [1.165, 1.54) is 6.07 Å². The lowest BCUT2D eigenvalue weighted by Crippen LogP contribution is -2.14. The van der Waals surface area contributed by atoms with Gasteiger partial charge in [-0.1, -0.05) is 6.92 Å². The second-order valence-corrected chi connectivity index (χ2v) is 4.31. The zero-order valence-corrected chi connectivity index (χ0v) is 11.4. The third-order valence-corrected chi connectivity index (χ3v) is 2.64. The van der Waals surface area contributed by atoms with Gasteiger partial charge in [0.2, 0.25) is 0 Å². The maximum atomic E-state index is 13.1. The van der Waals surface area contributed by atoms with Gasteiger partial charge in [0.05, 0.1) is 0 Å². The van der Waals surface area contributed by atoms with Crippen LogP contribution in [0.1, 0.15) is 23.7 Å². The summed E-state index contributed by atoms with van der Waals surface area (Å²) in [6.07, 6.45) is 0.955. The number of nitrogens with one attached hydrogen (secondary N) is 2. The van der Waals surface area contributed by atoms with E-state index in [-0.39, 0.29) is 11.4 Å². The van der Waals surface area contributed by atoms with Gasteiger partial charge in [0, 0.05) is 12.1 Å². The van der Waals surface area contributed by atoms with E-state index in [9.17, 15) is 13.6 Å². The standard InChI is InChI=1S/C14H14F2N4O/c1-2-7-17-12-5-6-13(20-19-12)18-14(21)9-3-4-10(15)11(16)8-9/h3-6,8H,2,7H2,1H3,(H,17,19)(H,18,20,21). The molecule has 0 unspecified atom stereocenters. The minimum atomic E-state index is -1.08. The minimum absolute atomic E-state index is 0.00360. The van der Waals surface area contributed by atoms with Gasteiger partial charge in [-0.05, 0) is 36.8 Å². The van der Waals surface area contributed by atoms with Crippen molar-refractivity contribution in [3.05, 3.63) is 47.5 Å². The van der Waals surface area contributed by atoms with Crippen molar-refractivity contribution in [2.75, 3.05) is 17.2 Å². The van der Waals surface area contributed by atoms with Crippen molar-refractivity contribution >= 4 is 17.5 Å². The Morgan fingerprint density at radius 1 is 1.10 bits per heavy atom. The van der Waals surface area contributed by atoms with E-state index in [0.29, 0.717) is 5.82 Å². The molecule has 0 saturated heterocycles. The number of carbonyl (C=O) groups excluding carboxylic acids is 1. The summed E-state index contributed by atoms with van der Waals surface area (Å²) in [5, 5.41) is 13.2. The number of hydrogen-bond donors (Lipinski definition) is 2. The van der Waals surface area contributed by atoms with Crippen molar-refractivity contribution in [1.82, 2.24) is 10.2 Å². The molecule has 0 aliphatic rings. The van der Waals surface area contributed by atoms with Crippen LogP contribution in [0, 0.1) is 11.6 Å². The molecule has 1 aromatic carbocycles. The number of hydrogen-bond acceptors (Lipinski definition) is 4. The molecule has 0 spiro atoms. The normalized spacial score (nSPS) is 10.2. The number of halogens is 2. The number of aromatic nitrogens is 2. The number of rotatable bonds is 5. The predicted octanol–water partition coefficient (Wildman–Crippen LogP) is 2.83. The monoisotopic (exact) mass is 292 g/mol. The van der Waals surface area contributed by atoms with Crippen LogP contribution in [0.5, 0.6) is 0 Å². The summed E-state index contributed by atoms with van der Waals surface area (Å²) >= 11 is 0. The first-order valence-electron chi connectivity index (χ1n) is 6.44. The molecule has 0 bridgehead atoms. The van der Waals surface area contributed by atoms with Crippen LogP contribution >= 0.6 is 0 Å². The largest absolute Gasteiger partial charge is 0.369 e. The number of benzene rings is 1. The minimum Gasteiger partial charge on any atom is -0.369 e. The van der Waals surface area contributed by atoms with Crippen LogP contribution in [0.3, 0.4) is 0 Å². The van der Waals surface area contributed by atoms with Gasteiger partial charge in [-0.3, -0.25) is 4.79 Å². The number of nitrogens with zero attached hydrogens (tertiary/aromatic N) is 2. The van der Waals surface area contributed by atoms with Gasteiger partial charge in [0.15, 0.2) is 17.5 Å². The van der Waals surface area contributed by atoms with E-state index in [1.807, 2.05) is 6.92 Å². The lowest BCUT2D eigenvalue weighted by molar-refractivity contribution is 0.102. The van der Waals surface area contributed by atoms with Gasteiger partial charge >= 0.3 is 0 Å². The molecule has 0 radical (unpaired) electrons. The molecule has 110 valence electrons. The smallest absolute Gasteiger partial charge is 0.256 e. The topological polar surface area (TPSA) is 66.9 Å². The van der Waals surface area contributed by atoms with Crippen LogP contribution in [0.15, 0.2) is 30.3 Å². The average molecular weight is 292 g/mol. The van der Waals surface area contributed by atoms with Crippen molar-refractivity contribution in [2.24, 2.45) is 0 Å². The van der Waals surface area contributed by atoms with Gasteiger partial charge < -0.3 is 10.6 Å². The molecule has 0 atom stereocenters. The fourth-order valence-corrected chi connectivity index (χ4v) is 1.57. The molecule has 21 heavy (non-hydrogen) atoms. The average Bonchev–Trinajstić information content (AvgIpc) is 2.49. The van der Waals surface area contributed by atoms with Crippen LogP contribution in [-0.2, 0) is 0 Å². The second kappa shape index (κ2) is 6.74. The van der Waals surface area contributed by atoms with E-state index in [2.05, 4.69) is 20.8 Å². The molecule has 1 amide bonds. The maximum Gasteiger partial charge on any atom is 0.256 e. The van der Waals surface area contributed by atoms with Crippen LogP contribution in [-0.4, -0.2) is 22.6 Å². The molecule has 2 rings (SSSR count). The zero-order valence-electron chi connectivity index (χ0n) is 11.4. The molecule has 5 nitrogen and oxygen atoms in total. The Morgan fingerprint density at radius 2 is 1.81 bits per heavy atom. The summed E-state index contributed by atoms with van der Waals surface area (Å²) in [7, 11) is 0. The first kappa shape index (κ1) is 14.8. The number of anilines is 2. The van der Waals surface area contributed by atoms with E-state index in [1.54, 1.807) is 12.1 Å². The molecule has 1 heterocycles. The summed E-state index contributed by atoms with van der Waals surface area (Å²) < 4.78 is 25.9. The molecule has 0 aliphatic heterocycles. The summed E-state index contributed by atoms with van der Waals surface area (Å²) in [6, 6.07) is 6.16. The Kier molecular flexibility index (Phi) is 4.76. The molecule has 0 aliphatic carbocycles. The highest BCUT2D eigenvalue weighted by molar-refractivity contribution is 6.03. The van der Waals surface area contributed by atoms with Crippen molar-refractivity contribution in [2.45, 2.75) is 13.3 Å². The molecule has 0 fully saturated rings. The maximum absolute atomic E-state index is 13.1. The lowest BCUT2D eigenvalue weighted by Gasteiger charge is -2.06. The highest BCUT2D eigenvalue weighted by atomic mass is 19.2. The summed E-state index contributed by atoms with van der Waals surface area (Å²) in [6.45, 7) is 2.80. The highest BCUT2D eigenvalue weighted by Crippen LogP contribution is 2.11. The Hall–Kier alpha value is -2.57. The molecule has 0 saturated carbocycles. The highest BCUT2D eigenvalue weighted by Gasteiger charge is 2.10. The third kappa shape index (κ3) is 3.95. The zero-order chi connectivity index (χ0) is 15.2. The molecular formula is C14H14F2N4O. The SMILES string of the molecule is CCCNc1ccc(NC(=O)c2ccc(F)c(F)c2)nn1. The Morgan fingerprint density at radius 3 is 2.43 bits per heavy atom. The third-order valence-electron chi connectivity index (χ3n) is 2.64. The molecule has 1 aromatic heterocycles. The molecule has 2 N–H and O–H groups in total. The Labute approximate surface area is 120 Å². The Bertz CT molecular complexity index is 631.